The lowest BCUT2D eigenvalue weighted by Gasteiger charge is -2.38. The van der Waals surface area contributed by atoms with Crippen molar-refractivity contribution in [2.24, 2.45) is 0 Å². The molecule has 0 bridgehead atoms. The van der Waals surface area contributed by atoms with E-state index in [2.05, 4.69) is 5.32 Å². The van der Waals surface area contributed by atoms with Gasteiger partial charge in [0.05, 0.1) is 12.0 Å². The third-order valence-electron chi connectivity index (χ3n) is 4.65. The van der Waals surface area contributed by atoms with E-state index in [1.807, 2.05) is 0 Å². The number of nitrogens with zero attached hydrogens (tertiary/aromatic N) is 1. The van der Waals surface area contributed by atoms with Gasteiger partial charge >= 0.3 is 5.97 Å². The molecule has 1 saturated heterocycles. The number of carbonyl (C=O) groups excluding carboxylic acids is 2. The summed E-state index contributed by atoms with van der Waals surface area (Å²) in [5.41, 5.74) is -0.641. The first-order chi connectivity index (χ1) is 9.93. The number of carbonyl (C=O) groups is 3. The third-order valence-corrected chi connectivity index (χ3v) is 4.65. The van der Waals surface area contributed by atoms with Crippen LogP contribution in [0.3, 0.4) is 0 Å². The summed E-state index contributed by atoms with van der Waals surface area (Å²) in [4.78, 5) is 36.9. The first-order valence-corrected chi connectivity index (χ1v) is 7.77. The van der Waals surface area contributed by atoms with Crippen molar-refractivity contribution in [3.8, 4) is 0 Å². The lowest BCUT2D eigenvalue weighted by Crippen LogP contribution is -2.56. The summed E-state index contributed by atoms with van der Waals surface area (Å²) in [6.07, 6.45) is 5.60. The minimum absolute atomic E-state index is 0.00794. The normalized spacial score (nSPS) is 22.9. The molecule has 2 N–H and O–H groups in total. The number of rotatable bonds is 5. The van der Waals surface area contributed by atoms with E-state index < -0.39 is 17.6 Å². The molecule has 1 aliphatic carbocycles. The fourth-order valence-corrected chi connectivity index (χ4v) is 3.45. The smallest absolute Gasteiger partial charge is 0.305 e. The highest BCUT2D eigenvalue weighted by molar-refractivity contribution is 5.89. The fourth-order valence-electron chi connectivity index (χ4n) is 3.45. The molecule has 1 saturated carbocycles. The van der Waals surface area contributed by atoms with Crippen LogP contribution in [0, 0.1) is 0 Å². The van der Waals surface area contributed by atoms with E-state index >= 15 is 0 Å². The van der Waals surface area contributed by atoms with E-state index in [0.29, 0.717) is 25.8 Å². The Morgan fingerprint density at radius 3 is 2.48 bits per heavy atom. The molecule has 2 amide bonds. The number of hydrogen-bond acceptors (Lipinski definition) is 3. The average Bonchev–Trinajstić information content (AvgIpc) is 2.84. The number of amides is 2. The van der Waals surface area contributed by atoms with Crippen LogP contribution in [0.1, 0.15) is 58.3 Å². The summed E-state index contributed by atoms with van der Waals surface area (Å²) in [6, 6.07) is -0.521. The molecule has 1 atom stereocenters. The lowest BCUT2D eigenvalue weighted by molar-refractivity contribution is -0.142. The highest BCUT2D eigenvalue weighted by atomic mass is 16.4. The second kappa shape index (κ2) is 6.45. The van der Waals surface area contributed by atoms with Crippen LogP contribution in [0.5, 0.6) is 0 Å². The number of carboxylic acids is 1. The highest BCUT2D eigenvalue weighted by Gasteiger charge is 2.38. The Kier molecular flexibility index (Phi) is 4.85. The fraction of sp³-hybridized carbons (Fsp3) is 0.800. The van der Waals surface area contributed by atoms with E-state index in [4.69, 9.17) is 5.11 Å². The molecule has 2 rings (SSSR count). The third kappa shape index (κ3) is 3.74. The standard InChI is InChI=1S/C15H24N2O4/c1-11(17-9-5-6-12(17)18)14(21)16-15(10-13(19)20)7-3-2-4-8-15/h11H,2-10H2,1H3,(H,16,21)(H,19,20). The largest absolute Gasteiger partial charge is 0.481 e. The molecule has 0 aromatic rings. The van der Waals surface area contributed by atoms with Crippen LogP contribution in [0.15, 0.2) is 0 Å². The number of carboxylic acid groups (broad SMARTS) is 1. The number of aliphatic carboxylic acids is 1. The van der Waals surface area contributed by atoms with Crippen molar-refractivity contribution in [2.45, 2.75) is 69.9 Å². The van der Waals surface area contributed by atoms with Gasteiger partial charge in [0.25, 0.3) is 0 Å². The molecule has 0 aromatic carbocycles. The Balaban J connectivity index is 2.03. The Morgan fingerprint density at radius 1 is 1.29 bits per heavy atom. The molecule has 21 heavy (non-hydrogen) atoms. The van der Waals surface area contributed by atoms with E-state index in [0.717, 1.165) is 25.7 Å². The average molecular weight is 296 g/mol. The van der Waals surface area contributed by atoms with Crippen molar-refractivity contribution in [3.63, 3.8) is 0 Å². The number of nitrogens with one attached hydrogen (secondary N) is 1. The molecule has 0 aromatic heterocycles. The minimum Gasteiger partial charge on any atom is -0.481 e. The molecule has 0 spiro atoms. The predicted octanol–water partition coefficient (Wildman–Crippen LogP) is 1.29. The Labute approximate surface area is 124 Å². The van der Waals surface area contributed by atoms with Gasteiger partial charge in [-0.1, -0.05) is 19.3 Å². The van der Waals surface area contributed by atoms with Crippen molar-refractivity contribution < 1.29 is 19.5 Å². The summed E-state index contributed by atoms with van der Waals surface area (Å²) < 4.78 is 0. The van der Waals surface area contributed by atoms with Crippen LogP contribution in [0.2, 0.25) is 0 Å². The summed E-state index contributed by atoms with van der Waals surface area (Å²) >= 11 is 0. The van der Waals surface area contributed by atoms with Crippen LogP contribution >= 0.6 is 0 Å². The van der Waals surface area contributed by atoms with Crippen LogP contribution in [-0.4, -0.2) is 45.9 Å². The SMILES string of the molecule is CC(C(=O)NC1(CC(=O)O)CCCCC1)N1CCCC1=O. The van der Waals surface area contributed by atoms with Crippen LogP contribution in [0.4, 0.5) is 0 Å². The van der Waals surface area contributed by atoms with Crippen molar-refractivity contribution >= 4 is 17.8 Å². The van der Waals surface area contributed by atoms with Gasteiger partial charge < -0.3 is 15.3 Å². The second-order valence-electron chi connectivity index (χ2n) is 6.27. The molecule has 0 radical (unpaired) electrons. The molecule has 118 valence electrons. The van der Waals surface area contributed by atoms with Gasteiger partial charge in [-0.3, -0.25) is 14.4 Å². The minimum atomic E-state index is -0.887. The highest BCUT2D eigenvalue weighted by Crippen LogP contribution is 2.31. The summed E-state index contributed by atoms with van der Waals surface area (Å²) in [5.74, 6) is -1.11. The van der Waals surface area contributed by atoms with Crippen LogP contribution in [-0.2, 0) is 14.4 Å². The maximum Gasteiger partial charge on any atom is 0.305 e. The van der Waals surface area contributed by atoms with Crippen molar-refractivity contribution in [1.29, 1.82) is 0 Å². The van der Waals surface area contributed by atoms with Gasteiger partial charge in [0.2, 0.25) is 11.8 Å². The lowest BCUT2D eigenvalue weighted by atomic mass is 9.79. The maximum absolute atomic E-state index is 12.4. The summed E-state index contributed by atoms with van der Waals surface area (Å²) in [5, 5.41) is 12.1. The first-order valence-electron chi connectivity index (χ1n) is 7.77. The van der Waals surface area contributed by atoms with E-state index in [1.165, 1.54) is 0 Å². The zero-order chi connectivity index (χ0) is 15.5. The topological polar surface area (TPSA) is 86.7 Å². The molecule has 2 fully saturated rings. The Morgan fingerprint density at radius 2 is 1.95 bits per heavy atom. The van der Waals surface area contributed by atoms with E-state index in [1.54, 1.807) is 11.8 Å². The first kappa shape index (κ1) is 15.8. The molecule has 6 heteroatoms. The molecular formula is C15H24N2O4. The van der Waals surface area contributed by atoms with Gasteiger partial charge in [-0.15, -0.1) is 0 Å². The van der Waals surface area contributed by atoms with Crippen molar-refractivity contribution in [3.05, 3.63) is 0 Å². The molecule has 6 nitrogen and oxygen atoms in total. The van der Waals surface area contributed by atoms with Gasteiger partial charge in [0, 0.05) is 13.0 Å². The van der Waals surface area contributed by atoms with E-state index in [9.17, 15) is 14.4 Å². The molecular weight excluding hydrogens is 272 g/mol. The number of likely N-dealkylation sites (tertiary alicyclic amines) is 1. The van der Waals surface area contributed by atoms with Crippen molar-refractivity contribution in [1.82, 2.24) is 10.2 Å². The monoisotopic (exact) mass is 296 g/mol. The maximum atomic E-state index is 12.4. The van der Waals surface area contributed by atoms with Crippen LogP contribution < -0.4 is 5.32 Å². The molecule has 2 aliphatic rings. The summed E-state index contributed by atoms with van der Waals surface area (Å²) in [7, 11) is 0. The second-order valence-corrected chi connectivity index (χ2v) is 6.27. The summed E-state index contributed by atoms with van der Waals surface area (Å²) in [6.45, 7) is 2.33. The molecule has 1 heterocycles. The Bertz CT molecular complexity index is 429. The van der Waals surface area contributed by atoms with Gasteiger partial charge in [0.1, 0.15) is 6.04 Å². The quantitative estimate of drug-likeness (QED) is 0.800. The Hall–Kier alpha value is -1.59. The molecule has 1 unspecified atom stereocenters. The molecule has 1 aliphatic heterocycles. The van der Waals surface area contributed by atoms with Crippen molar-refractivity contribution in [2.75, 3.05) is 6.54 Å². The van der Waals surface area contributed by atoms with Gasteiger partial charge in [-0.05, 0) is 26.2 Å². The van der Waals surface area contributed by atoms with Gasteiger partial charge in [0.15, 0.2) is 0 Å². The predicted molar refractivity (Wildman–Crippen MR) is 76.6 cm³/mol. The zero-order valence-corrected chi connectivity index (χ0v) is 12.6. The number of hydrogen-bond donors (Lipinski definition) is 2. The van der Waals surface area contributed by atoms with E-state index in [-0.39, 0.29) is 18.2 Å². The van der Waals surface area contributed by atoms with Gasteiger partial charge in [-0.2, -0.15) is 0 Å². The zero-order valence-electron chi connectivity index (χ0n) is 12.6. The van der Waals surface area contributed by atoms with Gasteiger partial charge in [-0.25, -0.2) is 0 Å². The van der Waals surface area contributed by atoms with Crippen LogP contribution in [0.25, 0.3) is 0 Å².